The first-order chi connectivity index (χ1) is 12.6. The van der Waals surface area contributed by atoms with Crippen LogP contribution < -0.4 is 10.5 Å². The van der Waals surface area contributed by atoms with E-state index in [-0.39, 0.29) is 5.82 Å². The van der Waals surface area contributed by atoms with Gasteiger partial charge in [-0.1, -0.05) is 13.0 Å². The van der Waals surface area contributed by atoms with Crippen LogP contribution in [-0.4, -0.2) is 21.5 Å². The highest BCUT2D eigenvalue weighted by molar-refractivity contribution is 7.85. The van der Waals surface area contributed by atoms with Gasteiger partial charge in [0.1, 0.15) is 17.3 Å². The molecule has 0 saturated heterocycles. The molecule has 0 bridgehead atoms. The summed E-state index contributed by atoms with van der Waals surface area (Å²) in [6, 6.07) is 12.0. The second kappa shape index (κ2) is 8.38. The maximum Gasteiger partial charge on any atom is 0.138 e. The minimum atomic E-state index is -1.13. The van der Waals surface area contributed by atoms with Gasteiger partial charge in [-0.3, -0.25) is 9.19 Å². The largest absolute Gasteiger partial charge is 0.456 e. The van der Waals surface area contributed by atoms with Crippen molar-refractivity contribution in [3.63, 3.8) is 0 Å². The Morgan fingerprint density at radius 2 is 2.04 bits per heavy atom. The molecule has 26 heavy (non-hydrogen) atoms. The van der Waals surface area contributed by atoms with E-state index in [1.807, 2.05) is 19.1 Å². The molecule has 6 heteroatoms. The molecule has 1 atom stereocenters. The zero-order valence-corrected chi connectivity index (χ0v) is 15.4. The molecular weight excluding hydrogens is 351 g/mol. The highest BCUT2D eigenvalue weighted by atomic mass is 32.2. The van der Waals surface area contributed by atoms with Crippen LogP contribution in [0.5, 0.6) is 11.5 Å². The van der Waals surface area contributed by atoms with E-state index in [0.29, 0.717) is 47.1 Å². The first-order valence-electron chi connectivity index (χ1n) is 8.56. The zero-order chi connectivity index (χ0) is 18.5. The molecule has 3 aromatic rings. The van der Waals surface area contributed by atoms with Gasteiger partial charge in [0.2, 0.25) is 0 Å². The summed E-state index contributed by atoms with van der Waals surface area (Å²) in [6.45, 7) is 2.41. The predicted molar refractivity (Wildman–Crippen MR) is 103 cm³/mol. The average Bonchev–Trinajstić information content (AvgIpc) is 2.66. The summed E-state index contributed by atoms with van der Waals surface area (Å²) in [5.41, 5.74) is 6.87. The molecule has 2 aromatic carbocycles. The Balaban J connectivity index is 1.95. The predicted octanol–water partition coefficient (Wildman–Crippen LogP) is 4.19. The van der Waals surface area contributed by atoms with Crippen LogP contribution in [0.3, 0.4) is 0 Å². The van der Waals surface area contributed by atoms with Crippen LogP contribution in [0.15, 0.2) is 53.6 Å². The molecule has 2 N–H and O–H groups in total. The molecule has 1 heterocycles. The number of hydrogen-bond donors (Lipinski definition) is 1. The third-order valence-corrected chi connectivity index (χ3v) is 5.54. The SMILES string of the molecule is CCc1ccc(Oc2ccnc3ccc(S(=O)CCCN)cc23)cc1F. The lowest BCUT2D eigenvalue weighted by Crippen LogP contribution is -2.06. The number of nitrogens with zero attached hydrogens (tertiary/aromatic N) is 1. The van der Waals surface area contributed by atoms with Crippen molar-refractivity contribution in [2.24, 2.45) is 5.73 Å². The summed E-state index contributed by atoms with van der Waals surface area (Å²) in [7, 11) is -1.13. The van der Waals surface area contributed by atoms with Crippen LogP contribution in [0.1, 0.15) is 18.9 Å². The number of benzene rings is 2. The topological polar surface area (TPSA) is 65.2 Å². The molecule has 1 unspecified atom stereocenters. The van der Waals surface area contributed by atoms with Crippen molar-refractivity contribution in [1.82, 2.24) is 4.98 Å². The number of hydrogen-bond acceptors (Lipinski definition) is 4. The number of rotatable bonds is 7. The van der Waals surface area contributed by atoms with Gasteiger partial charge in [0.15, 0.2) is 0 Å². The zero-order valence-electron chi connectivity index (χ0n) is 14.6. The van der Waals surface area contributed by atoms with Crippen molar-refractivity contribution in [3.8, 4) is 11.5 Å². The van der Waals surface area contributed by atoms with Gasteiger partial charge in [0, 0.05) is 28.3 Å². The number of fused-ring (bicyclic) bond motifs is 1. The minimum Gasteiger partial charge on any atom is -0.456 e. The highest BCUT2D eigenvalue weighted by Gasteiger charge is 2.10. The van der Waals surface area contributed by atoms with Gasteiger partial charge < -0.3 is 10.5 Å². The molecule has 1 aromatic heterocycles. The summed E-state index contributed by atoms with van der Waals surface area (Å²) < 4.78 is 32.3. The monoisotopic (exact) mass is 372 g/mol. The van der Waals surface area contributed by atoms with Gasteiger partial charge in [-0.05, 0) is 55.3 Å². The maximum atomic E-state index is 14.0. The summed E-state index contributed by atoms with van der Waals surface area (Å²) in [6.07, 6.45) is 2.96. The summed E-state index contributed by atoms with van der Waals surface area (Å²) in [5.74, 6) is 1.20. The smallest absolute Gasteiger partial charge is 0.138 e. The first kappa shape index (κ1) is 18.5. The summed E-state index contributed by atoms with van der Waals surface area (Å²) in [4.78, 5) is 5.02. The number of aryl methyl sites for hydroxylation is 1. The lowest BCUT2D eigenvalue weighted by molar-refractivity contribution is 0.480. The molecular formula is C20H21FN2O2S. The third kappa shape index (κ3) is 4.08. The van der Waals surface area contributed by atoms with E-state index in [4.69, 9.17) is 10.5 Å². The molecule has 0 spiro atoms. The van der Waals surface area contributed by atoms with Crippen molar-refractivity contribution in [2.75, 3.05) is 12.3 Å². The van der Waals surface area contributed by atoms with Gasteiger partial charge in [-0.25, -0.2) is 4.39 Å². The van der Waals surface area contributed by atoms with E-state index < -0.39 is 10.8 Å². The van der Waals surface area contributed by atoms with Gasteiger partial charge >= 0.3 is 0 Å². The first-order valence-corrected chi connectivity index (χ1v) is 9.87. The fourth-order valence-corrected chi connectivity index (χ4v) is 3.80. The molecule has 3 rings (SSSR count). The summed E-state index contributed by atoms with van der Waals surface area (Å²) in [5, 5.41) is 0.742. The molecule has 4 nitrogen and oxygen atoms in total. The Morgan fingerprint density at radius 3 is 2.77 bits per heavy atom. The third-order valence-electron chi connectivity index (χ3n) is 4.10. The molecule has 0 aliphatic rings. The fourth-order valence-electron chi connectivity index (χ4n) is 2.67. The van der Waals surface area contributed by atoms with Gasteiger partial charge in [0.25, 0.3) is 0 Å². The number of pyridine rings is 1. The van der Waals surface area contributed by atoms with Crippen LogP contribution >= 0.6 is 0 Å². The minimum absolute atomic E-state index is 0.285. The number of halogens is 1. The van der Waals surface area contributed by atoms with Crippen molar-refractivity contribution in [1.29, 1.82) is 0 Å². The lowest BCUT2D eigenvalue weighted by Gasteiger charge is -2.11. The van der Waals surface area contributed by atoms with Gasteiger partial charge in [-0.15, -0.1) is 0 Å². The van der Waals surface area contributed by atoms with E-state index in [0.717, 1.165) is 10.9 Å². The molecule has 0 amide bonds. The van der Waals surface area contributed by atoms with E-state index in [1.165, 1.54) is 6.07 Å². The van der Waals surface area contributed by atoms with Crippen molar-refractivity contribution < 1.29 is 13.3 Å². The fraction of sp³-hybridized carbons (Fsp3) is 0.250. The second-order valence-corrected chi connectivity index (χ2v) is 7.46. The Labute approximate surface area is 154 Å². The second-order valence-electron chi connectivity index (χ2n) is 5.89. The average molecular weight is 372 g/mol. The van der Waals surface area contributed by atoms with Gasteiger partial charge in [-0.2, -0.15) is 0 Å². The van der Waals surface area contributed by atoms with Crippen LogP contribution in [0.4, 0.5) is 4.39 Å². The normalized spacial score (nSPS) is 12.3. The van der Waals surface area contributed by atoms with E-state index >= 15 is 0 Å². The number of nitrogens with two attached hydrogens (primary N) is 1. The molecule has 0 saturated carbocycles. The van der Waals surface area contributed by atoms with Crippen LogP contribution in [0, 0.1) is 5.82 Å². The van der Waals surface area contributed by atoms with Crippen LogP contribution in [-0.2, 0) is 17.2 Å². The Kier molecular flexibility index (Phi) is 5.96. The van der Waals surface area contributed by atoms with Crippen molar-refractivity contribution in [2.45, 2.75) is 24.7 Å². The van der Waals surface area contributed by atoms with Crippen molar-refractivity contribution in [3.05, 3.63) is 60.0 Å². The summed E-state index contributed by atoms with van der Waals surface area (Å²) >= 11 is 0. The number of aromatic nitrogens is 1. The number of ether oxygens (including phenoxy) is 1. The molecule has 136 valence electrons. The quantitative estimate of drug-likeness (QED) is 0.675. The molecule has 0 aliphatic heterocycles. The highest BCUT2D eigenvalue weighted by Crippen LogP contribution is 2.31. The Bertz CT molecular complexity index is 946. The standard InChI is InChI=1S/C20H21FN2O2S/c1-2-14-4-5-15(12-18(14)21)25-20-8-10-23-19-7-6-16(13-17(19)20)26(24)11-3-9-22/h4-8,10,12-13H,2-3,9,11,22H2,1H3. The lowest BCUT2D eigenvalue weighted by atomic mass is 10.1. The van der Waals surface area contributed by atoms with Crippen molar-refractivity contribution >= 4 is 21.7 Å². The molecule has 0 radical (unpaired) electrons. The van der Waals surface area contributed by atoms with E-state index in [1.54, 1.807) is 30.5 Å². The molecule has 0 aliphatic carbocycles. The van der Waals surface area contributed by atoms with E-state index in [2.05, 4.69) is 4.98 Å². The Morgan fingerprint density at radius 1 is 1.19 bits per heavy atom. The van der Waals surface area contributed by atoms with E-state index in [9.17, 15) is 8.60 Å². The Hall–Kier alpha value is -2.31. The van der Waals surface area contributed by atoms with Crippen LogP contribution in [0.25, 0.3) is 10.9 Å². The van der Waals surface area contributed by atoms with Crippen LogP contribution in [0.2, 0.25) is 0 Å². The molecule has 0 fully saturated rings. The maximum absolute atomic E-state index is 14.0. The van der Waals surface area contributed by atoms with Gasteiger partial charge in [0.05, 0.1) is 16.3 Å².